The third-order valence-electron chi connectivity index (χ3n) is 9.14. The first-order valence-electron chi connectivity index (χ1n) is 15.7. The zero-order valence-corrected chi connectivity index (χ0v) is 26.0. The maximum Gasteiger partial charge on any atom is 0.416 e. The van der Waals surface area contributed by atoms with Crippen molar-refractivity contribution in [3.63, 3.8) is 0 Å². The Bertz CT molecular complexity index is 1890. The Morgan fingerprint density at radius 3 is 2.55 bits per heavy atom. The summed E-state index contributed by atoms with van der Waals surface area (Å²) in [5, 5.41) is 21.4. The zero-order valence-electron chi connectivity index (χ0n) is 26.0. The molecule has 4 heterocycles. The number of carbonyl (C=O) groups is 1. The largest absolute Gasteiger partial charge is 0.492 e. The Morgan fingerprint density at radius 2 is 1.87 bits per heavy atom. The number of benzene rings is 2. The van der Waals surface area contributed by atoms with E-state index in [1.807, 2.05) is 6.07 Å². The molecule has 2 atom stereocenters. The lowest BCUT2D eigenvalue weighted by molar-refractivity contribution is -0.138. The van der Waals surface area contributed by atoms with Gasteiger partial charge in [0.05, 0.1) is 23.7 Å². The number of fused-ring (bicyclic) bond motifs is 1. The van der Waals surface area contributed by atoms with Crippen LogP contribution in [-0.2, 0) is 19.8 Å². The molecule has 0 bridgehead atoms. The molecular weight excluding hydrogens is 609 g/mol. The van der Waals surface area contributed by atoms with E-state index in [0.717, 1.165) is 38.4 Å². The van der Waals surface area contributed by atoms with Crippen molar-refractivity contribution >= 4 is 17.5 Å². The van der Waals surface area contributed by atoms with Crippen LogP contribution in [0.2, 0.25) is 0 Å². The average molecular weight is 643 g/mol. The summed E-state index contributed by atoms with van der Waals surface area (Å²) < 4.78 is 50.8. The fourth-order valence-electron chi connectivity index (χ4n) is 6.37. The van der Waals surface area contributed by atoms with Gasteiger partial charge in [0.15, 0.2) is 5.82 Å². The number of aryl methyl sites for hydroxylation is 1. The summed E-state index contributed by atoms with van der Waals surface area (Å²) in [7, 11) is 1.81. The molecule has 2 aromatic carbocycles. The topological polar surface area (TPSA) is 112 Å². The van der Waals surface area contributed by atoms with E-state index in [9.17, 15) is 23.2 Å². The fourth-order valence-corrected chi connectivity index (χ4v) is 6.37. The van der Waals surface area contributed by atoms with E-state index in [4.69, 9.17) is 9.72 Å². The van der Waals surface area contributed by atoms with Gasteiger partial charge in [-0.1, -0.05) is 6.92 Å². The highest BCUT2D eigenvalue weighted by Crippen LogP contribution is 2.43. The molecule has 1 N–H and O–H groups in total. The molecular formula is C34H33F3N8O2. The molecule has 242 valence electrons. The lowest BCUT2D eigenvalue weighted by atomic mass is 9.97. The Balaban J connectivity index is 1.28. The molecule has 1 amide bonds. The molecule has 7 rings (SSSR count). The van der Waals surface area contributed by atoms with E-state index in [1.54, 1.807) is 42.2 Å². The molecule has 13 heteroatoms. The minimum absolute atomic E-state index is 0.0129. The Hall–Kier alpha value is -4.96. The van der Waals surface area contributed by atoms with Crippen LogP contribution in [-0.4, -0.2) is 62.8 Å². The van der Waals surface area contributed by atoms with E-state index >= 15 is 0 Å². The SMILES string of the molecule is C[C@H]1C[C@@H]1Nc1cc(-c2cc(C#N)ccc2-c2nncn2C)cc(N2Cc3c(cc(OCCN4CCCC4)cc3C(F)(F)F)C2=O)n1. The second-order valence-corrected chi connectivity index (χ2v) is 12.5. The van der Waals surface area contributed by atoms with Crippen LogP contribution in [0.5, 0.6) is 5.75 Å². The summed E-state index contributed by atoms with van der Waals surface area (Å²) in [6.45, 7) is 4.52. The lowest BCUT2D eigenvalue weighted by Crippen LogP contribution is -2.25. The van der Waals surface area contributed by atoms with Gasteiger partial charge < -0.3 is 14.6 Å². The number of ether oxygens (including phenoxy) is 1. The van der Waals surface area contributed by atoms with Gasteiger partial charge in [-0.2, -0.15) is 18.4 Å². The second kappa shape index (κ2) is 12.0. The van der Waals surface area contributed by atoms with Crippen LogP contribution in [0.15, 0.2) is 48.8 Å². The van der Waals surface area contributed by atoms with Gasteiger partial charge in [-0.3, -0.25) is 14.6 Å². The fraction of sp³-hybridized carbons (Fsp3) is 0.382. The number of anilines is 2. The number of pyridine rings is 1. The number of alkyl halides is 3. The number of carbonyl (C=O) groups excluding carboxylic acids is 1. The number of nitrogens with one attached hydrogen (secondary N) is 1. The first-order chi connectivity index (χ1) is 22.6. The van der Waals surface area contributed by atoms with Crippen molar-refractivity contribution in [2.45, 2.75) is 44.9 Å². The van der Waals surface area contributed by atoms with E-state index in [1.165, 1.54) is 11.0 Å². The number of hydrogen-bond donors (Lipinski definition) is 1. The highest BCUT2D eigenvalue weighted by atomic mass is 19.4. The third kappa shape index (κ3) is 6.13. The van der Waals surface area contributed by atoms with Crippen molar-refractivity contribution in [2.24, 2.45) is 13.0 Å². The van der Waals surface area contributed by atoms with Gasteiger partial charge >= 0.3 is 6.18 Å². The molecule has 2 fully saturated rings. The number of halogens is 3. The van der Waals surface area contributed by atoms with Gasteiger partial charge in [-0.15, -0.1) is 10.2 Å². The average Bonchev–Trinajstić information content (AvgIpc) is 3.44. The molecule has 0 radical (unpaired) electrons. The standard InChI is InChI=1S/C34H33F3N8O2/c1-20-11-29(20)40-30-13-22(25-12-21(17-38)5-6-24(25)32-42-39-19-43(32)2)14-31(41-30)45-18-27-26(33(45)46)15-23(16-28(27)34(35,36)37)47-10-9-44-7-3-4-8-44/h5-6,12-16,19-20,29H,3-4,7-11,18H2,1-2H3,(H,40,41)/t20-,29-/m0/s1. The highest BCUT2D eigenvalue weighted by molar-refractivity contribution is 6.10. The third-order valence-corrected chi connectivity index (χ3v) is 9.14. The predicted molar refractivity (Wildman–Crippen MR) is 169 cm³/mol. The normalized spacial score (nSPS) is 19.1. The molecule has 10 nitrogen and oxygen atoms in total. The summed E-state index contributed by atoms with van der Waals surface area (Å²) in [4.78, 5) is 22.1. The van der Waals surface area contributed by atoms with E-state index in [0.29, 0.717) is 46.4 Å². The van der Waals surface area contributed by atoms with E-state index in [2.05, 4.69) is 33.4 Å². The van der Waals surface area contributed by atoms with Crippen molar-refractivity contribution in [2.75, 3.05) is 36.5 Å². The predicted octanol–water partition coefficient (Wildman–Crippen LogP) is 5.89. The molecule has 1 saturated heterocycles. The molecule has 47 heavy (non-hydrogen) atoms. The van der Waals surface area contributed by atoms with Crippen molar-refractivity contribution in [1.29, 1.82) is 5.26 Å². The molecule has 2 aromatic heterocycles. The molecule has 1 saturated carbocycles. The zero-order chi connectivity index (χ0) is 32.9. The maximum atomic E-state index is 14.4. The number of rotatable bonds is 9. The quantitative estimate of drug-likeness (QED) is 0.241. The number of likely N-dealkylation sites (tertiary alicyclic amines) is 1. The summed E-state index contributed by atoms with van der Waals surface area (Å²) in [5.74, 6) is 1.07. The minimum Gasteiger partial charge on any atom is -0.492 e. The number of nitriles is 1. The van der Waals surface area contributed by atoms with E-state index in [-0.39, 0.29) is 41.9 Å². The monoisotopic (exact) mass is 642 g/mol. The summed E-state index contributed by atoms with van der Waals surface area (Å²) in [6.07, 6.45) is 0.0116. The first-order valence-corrected chi connectivity index (χ1v) is 15.7. The van der Waals surface area contributed by atoms with Crippen LogP contribution in [0.3, 0.4) is 0 Å². The van der Waals surface area contributed by atoms with Gasteiger partial charge in [-0.25, -0.2) is 4.98 Å². The molecule has 2 aliphatic heterocycles. The van der Waals surface area contributed by atoms with Gasteiger partial charge in [0, 0.05) is 30.8 Å². The smallest absolute Gasteiger partial charge is 0.416 e. The Morgan fingerprint density at radius 1 is 1.09 bits per heavy atom. The van der Waals surface area contributed by atoms with Gasteiger partial charge in [0.2, 0.25) is 0 Å². The summed E-state index contributed by atoms with van der Waals surface area (Å²) in [5.41, 5.74) is 1.30. The number of aromatic nitrogens is 4. The maximum absolute atomic E-state index is 14.4. The minimum atomic E-state index is -4.69. The van der Waals surface area contributed by atoms with Crippen molar-refractivity contribution in [3.8, 4) is 34.3 Å². The van der Waals surface area contributed by atoms with Crippen molar-refractivity contribution in [1.82, 2.24) is 24.6 Å². The van der Waals surface area contributed by atoms with Crippen LogP contribution < -0.4 is 15.0 Å². The number of nitrogens with zero attached hydrogens (tertiary/aromatic N) is 7. The van der Waals surface area contributed by atoms with Gasteiger partial charge in [-0.05, 0) is 97.4 Å². The molecule has 1 aliphatic carbocycles. The molecule has 0 spiro atoms. The first kappa shape index (κ1) is 30.7. The van der Waals surface area contributed by atoms with Crippen LogP contribution in [0.1, 0.15) is 53.2 Å². The second-order valence-electron chi connectivity index (χ2n) is 12.5. The van der Waals surface area contributed by atoms with Crippen molar-refractivity contribution < 1.29 is 22.7 Å². The lowest BCUT2D eigenvalue weighted by Gasteiger charge is -2.19. The van der Waals surface area contributed by atoms with E-state index < -0.39 is 17.6 Å². The Labute approximate surface area is 269 Å². The van der Waals surface area contributed by atoms with Crippen LogP contribution in [0.4, 0.5) is 24.8 Å². The van der Waals surface area contributed by atoms with Crippen LogP contribution in [0.25, 0.3) is 22.5 Å². The number of hydrogen-bond acceptors (Lipinski definition) is 8. The molecule has 0 unspecified atom stereocenters. The van der Waals surface area contributed by atoms with Crippen molar-refractivity contribution in [3.05, 3.63) is 71.0 Å². The number of amides is 1. The van der Waals surface area contributed by atoms with Gasteiger partial charge in [0.1, 0.15) is 30.3 Å². The van der Waals surface area contributed by atoms with Crippen LogP contribution in [0, 0.1) is 17.2 Å². The Kier molecular flexibility index (Phi) is 7.83. The summed E-state index contributed by atoms with van der Waals surface area (Å²) >= 11 is 0. The molecule has 3 aliphatic rings. The summed E-state index contributed by atoms with van der Waals surface area (Å²) in [6, 6.07) is 13.4. The highest BCUT2D eigenvalue weighted by Gasteiger charge is 2.41. The van der Waals surface area contributed by atoms with Gasteiger partial charge in [0.25, 0.3) is 5.91 Å². The molecule has 4 aromatic rings. The van der Waals surface area contributed by atoms with Crippen LogP contribution >= 0.6 is 0 Å².